The molecule has 7 rings (SSSR count). The molecule has 2 atom stereocenters. The molecule has 0 unspecified atom stereocenters. The zero-order chi connectivity index (χ0) is 42.2. The van der Waals surface area contributed by atoms with Crippen LogP contribution < -0.4 is 0 Å². The summed E-state index contributed by atoms with van der Waals surface area (Å²) in [6.45, 7) is 4.75. The average Bonchev–Trinajstić information content (AvgIpc) is 3.52. The normalized spacial score (nSPS) is 22.8. The third kappa shape index (κ3) is 9.41. The Bertz CT molecular complexity index is 1970. The highest BCUT2D eigenvalue weighted by Gasteiger charge is 2.50. The summed E-state index contributed by atoms with van der Waals surface area (Å²) in [5.74, 6) is -1.04. The van der Waals surface area contributed by atoms with E-state index in [0.29, 0.717) is 82.9 Å². The van der Waals surface area contributed by atoms with Crippen LogP contribution >= 0.6 is 23.2 Å². The second-order valence-corrected chi connectivity index (χ2v) is 16.7. The molecule has 3 aromatic carbocycles. The molecule has 9 nitrogen and oxygen atoms in total. The number of ether oxygens (including phenoxy) is 2. The third-order valence-corrected chi connectivity index (χ3v) is 13.2. The molecule has 0 aromatic heterocycles. The summed E-state index contributed by atoms with van der Waals surface area (Å²) in [5.41, 5.74) is -2.43. The fourth-order valence-electron chi connectivity index (χ4n) is 9.17. The maximum Gasteiger partial charge on any atom is 0.416 e. The van der Waals surface area contributed by atoms with E-state index in [1.54, 1.807) is 18.2 Å². The van der Waals surface area contributed by atoms with Crippen molar-refractivity contribution in [3.63, 3.8) is 0 Å². The van der Waals surface area contributed by atoms with Gasteiger partial charge in [0.05, 0.1) is 47.0 Å². The predicted octanol–water partition coefficient (Wildman–Crippen LogP) is 6.90. The number of aliphatic hydroxyl groups is 1. The Labute approximate surface area is 348 Å². The van der Waals surface area contributed by atoms with Gasteiger partial charge >= 0.3 is 12.4 Å². The van der Waals surface area contributed by atoms with E-state index in [2.05, 4.69) is 21.9 Å². The minimum atomic E-state index is -5.11. The first-order chi connectivity index (χ1) is 28.0. The van der Waals surface area contributed by atoms with Crippen molar-refractivity contribution in [1.82, 2.24) is 19.6 Å². The third-order valence-electron chi connectivity index (χ3n) is 12.5. The number of halogens is 8. The van der Waals surface area contributed by atoms with Gasteiger partial charge in [-0.05, 0) is 85.8 Å². The number of nitrogens with zero attached hydrogens (tertiary/aromatic N) is 4. The van der Waals surface area contributed by atoms with E-state index in [0.717, 1.165) is 12.8 Å². The maximum atomic E-state index is 13.8. The molecular formula is C42H46Cl2F6N4O5. The van der Waals surface area contributed by atoms with Gasteiger partial charge in [-0.3, -0.25) is 14.5 Å². The lowest BCUT2D eigenvalue weighted by Crippen LogP contribution is -2.54. The summed E-state index contributed by atoms with van der Waals surface area (Å²) >= 11 is 12.7. The summed E-state index contributed by atoms with van der Waals surface area (Å²) in [6, 6.07) is 14.1. The minimum absolute atomic E-state index is 0.000855. The Morgan fingerprint density at radius 1 is 0.797 bits per heavy atom. The predicted molar refractivity (Wildman–Crippen MR) is 208 cm³/mol. The Balaban J connectivity index is 1.07. The SMILES string of the molecule is O=C(CO[C@H]1Cc2ccccc2C12CCN(CC[C@]1(c3ccc(Cl)c(Cl)c3)CN(C(=O)c3cc(C(F)(F)F)cc(C(F)(F)F)c3)CCO1)CC2)N1CCN(CCO)CC1. The van der Waals surface area contributed by atoms with E-state index in [1.165, 1.54) is 16.0 Å². The first-order valence-electron chi connectivity index (χ1n) is 19.7. The lowest BCUT2D eigenvalue weighted by atomic mass is 9.72. The molecule has 3 saturated heterocycles. The molecule has 3 fully saturated rings. The van der Waals surface area contributed by atoms with Gasteiger partial charge in [0.1, 0.15) is 12.2 Å². The fraction of sp³-hybridized carbons (Fsp3) is 0.524. The number of piperazine rings is 1. The molecule has 0 radical (unpaired) electrons. The van der Waals surface area contributed by atoms with Crippen molar-refractivity contribution >= 4 is 35.0 Å². The number of aliphatic hydroxyl groups excluding tert-OH is 1. The number of rotatable bonds is 10. The summed E-state index contributed by atoms with van der Waals surface area (Å²) in [4.78, 5) is 34.6. The Hall–Kier alpha value is -3.44. The minimum Gasteiger partial charge on any atom is -0.395 e. The van der Waals surface area contributed by atoms with Crippen molar-refractivity contribution in [2.45, 2.75) is 55.2 Å². The molecule has 3 aromatic rings. The molecule has 1 N–H and O–H groups in total. The van der Waals surface area contributed by atoms with Gasteiger partial charge in [-0.1, -0.05) is 53.5 Å². The van der Waals surface area contributed by atoms with Gasteiger partial charge in [0.15, 0.2) is 0 Å². The molecule has 0 saturated carbocycles. The smallest absolute Gasteiger partial charge is 0.395 e. The van der Waals surface area contributed by atoms with Gasteiger partial charge in [-0.2, -0.15) is 26.3 Å². The summed E-state index contributed by atoms with van der Waals surface area (Å²) in [6.07, 6.45) is -7.95. The molecule has 3 aliphatic heterocycles. The second-order valence-electron chi connectivity index (χ2n) is 15.8. The van der Waals surface area contributed by atoms with E-state index in [1.807, 2.05) is 17.0 Å². The summed E-state index contributed by atoms with van der Waals surface area (Å²) in [7, 11) is 0. The Morgan fingerprint density at radius 2 is 1.46 bits per heavy atom. The molecule has 2 amide bonds. The lowest BCUT2D eigenvalue weighted by molar-refractivity contribution is -0.143. The van der Waals surface area contributed by atoms with E-state index in [-0.39, 0.29) is 66.4 Å². The lowest BCUT2D eigenvalue weighted by Gasteiger charge is -2.46. The number of β-amino-alcohol motifs (C(OH)–C–C–N with tert-alkyl or cyclic N) is 1. The number of alkyl halides is 6. The van der Waals surface area contributed by atoms with Crippen LogP contribution in [0.5, 0.6) is 0 Å². The van der Waals surface area contributed by atoms with Crippen LogP contribution in [0.4, 0.5) is 26.3 Å². The maximum absolute atomic E-state index is 13.8. The molecule has 3 heterocycles. The fourth-order valence-corrected chi connectivity index (χ4v) is 9.47. The van der Waals surface area contributed by atoms with E-state index in [9.17, 15) is 41.0 Å². The number of carbonyl (C=O) groups is 2. The van der Waals surface area contributed by atoms with Crippen LogP contribution in [0, 0.1) is 0 Å². The molecular weight excluding hydrogens is 825 g/mol. The first-order valence-corrected chi connectivity index (χ1v) is 20.5. The topological polar surface area (TPSA) is 85.8 Å². The number of morpholine rings is 1. The van der Waals surface area contributed by atoms with Crippen molar-refractivity contribution in [1.29, 1.82) is 0 Å². The number of fused-ring (bicyclic) bond motifs is 2. The van der Waals surface area contributed by atoms with Gasteiger partial charge in [-0.25, -0.2) is 0 Å². The number of likely N-dealkylation sites (tertiary alicyclic amines) is 1. The Morgan fingerprint density at radius 3 is 2.10 bits per heavy atom. The summed E-state index contributed by atoms with van der Waals surface area (Å²) < 4.78 is 95.3. The van der Waals surface area contributed by atoms with Crippen LogP contribution in [-0.2, 0) is 44.1 Å². The molecule has 59 heavy (non-hydrogen) atoms. The van der Waals surface area contributed by atoms with Crippen LogP contribution in [0.3, 0.4) is 0 Å². The van der Waals surface area contributed by atoms with Crippen molar-refractivity contribution in [3.8, 4) is 0 Å². The van der Waals surface area contributed by atoms with Crippen LogP contribution in [0.25, 0.3) is 0 Å². The Kier molecular flexibility index (Phi) is 12.9. The number of benzene rings is 3. The second kappa shape index (κ2) is 17.5. The van der Waals surface area contributed by atoms with Crippen LogP contribution in [-0.4, -0.2) is 128 Å². The highest BCUT2D eigenvalue weighted by molar-refractivity contribution is 6.42. The molecule has 1 aliphatic carbocycles. The van der Waals surface area contributed by atoms with Gasteiger partial charge in [0.25, 0.3) is 5.91 Å². The number of hydrogen-bond donors (Lipinski definition) is 1. The molecule has 0 bridgehead atoms. The highest BCUT2D eigenvalue weighted by atomic mass is 35.5. The average molecular weight is 872 g/mol. The van der Waals surface area contributed by atoms with Crippen molar-refractivity contribution < 1.29 is 50.5 Å². The standard InChI is InChI=1S/C42H46Cl2F6N4O5/c43-34-6-5-30(25-35(34)44)40(27-54(18-20-59-40)38(57)29-21-31(41(45,46)47)24-32(22-29)42(48,49)50)9-12-51-10-7-39(8-11-51)33-4-2-1-3-28(33)23-36(39)58-26-37(56)53-15-13-52(14-16-53)17-19-55/h1-6,21-22,24-25,36,55H,7-20,23,26-27H2/t36-,40+/m0/s1. The number of hydrogen-bond acceptors (Lipinski definition) is 7. The largest absolute Gasteiger partial charge is 0.416 e. The van der Waals surface area contributed by atoms with E-state index in [4.69, 9.17) is 32.7 Å². The van der Waals surface area contributed by atoms with Gasteiger partial charge in [-0.15, -0.1) is 0 Å². The van der Waals surface area contributed by atoms with Crippen LogP contribution in [0.1, 0.15) is 57.4 Å². The number of carbonyl (C=O) groups excluding carboxylic acids is 2. The molecule has 17 heteroatoms. The van der Waals surface area contributed by atoms with Crippen molar-refractivity contribution in [2.75, 3.05) is 85.3 Å². The molecule has 1 spiro atoms. The monoisotopic (exact) mass is 870 g/mol. The van der Waals surface area contributed by atoms with E-state index >= 15 is 0 Å². The molecule has 320 valence electrons. The number of piperidine rings is 1. The van der Waals surface area contributed by atoms with Crippen LogP contribution in [0.2, 0.25) is 10.0 Å². The zero-order valence-corrected chi connectivity index (χ0v) is 33.8. The van der Waals surface area contributed by atoms with Crippen molar-refractivity contribution in [2.24, 2.45) is 0 Å². The van der Waals surface area contributed by atoms with Crippen molar-refractivity contribution in [3.05, 3.63) is 104 Å². The molecule has 4 aliphatic rings. The highest BCUT2D eigenvalue weighted by Crippen LogP contribution is 2.48. The first kappa shape index (κ1) is 43.6. The van der Waals surface area contributed by atoms with Crippen LogP contribution in [0.15, 0.2) is 60.7 Å². The van der Waals surface area contributed by atoms with Gasteiger partial charge in [0, 0.05) is 56.8 Å². The number of amides is 2. The quantitative estimate of drug-likeness (QED) is 0.222. The van der Waals surface area contributed by atoms with Gasteiger partial charge in [0.2, 0.25) is 5.91 Å². The van der Waals surface area contributed by atoms with Gasteiger partial charge < -0.3 is 29.3 Å². The van der Waals surface area contributed by atoms with E-state index < -0.39 is 40.6 Å². The summed E-state index contributed by atoms with van der Waals surface area (Å²) in [5, 5.41) is 9.76. The zero-order valence-electron chi connectivity index (χ0n) is 32.3.